The van der Waals surface area contributed by atoms with Gasteiger partial charge in [0.2, 0.25) is 0 Å². The third kappa shape index (κ3) is 8.20. The number of ether oxygens (including phenoxy) is 1. The first kappa shape index (κ1) is 24.0. The Morgan fingerprint density at radius 3 is 2.73 bits per heavy atom. The van der Waals surface area contributed by atoms with Crippen molar-refractivity contribution in [2.75, 3.05) is 32.8 Å². The van der Waals surface area contributed by atoms with E-state index in [1.54, 1.807) is 11.2 Å². The number of guanidine groups is 1. The molecule has 0 aromatic carbocycles. The molecule has 1 fully saturated rings. The molecule has 9 nitrogen and oxygen atoms in total. The molecule has 0 bridgehead atoms. The zero-order valence-electron chi connectivity index (χ0n) is 18.9. The molecule has 2 N–H and O–H groups in total. The van der Waals surface area contributed by atoms with E-state index in [0.717, 1.165) is 57.1 Å². The van der Waals surface area contributed by atoms with Crippen molar-refractivity contribution in [3.63, 3.8) is 0 Å². The Balaban J connectivity index is 1.83. The summed E-state index contributed by atoms with van der Waals surface area (Å²) in [4.78, 5) is 18.5. The van der Waals surface area contributed by atoms with Crippen LogP contribution in [0.25, 0.3) is 0 Å². The van der Waals surface area contributed by atoms with E-state index in [9.17, 15) is 4.79 Å². The fourth-order valence-corrected chi connectivity index (χ4v) is 3.53. The van der Waals surface area contributed by atoms with Gasteiger partial charge in [-0.15, -0.1) is 10.2 Å². The molecule has 2 rings (SSSR count). The van der Waals surface area contributed by atoms with Gasteiger partial charge in [0.05, 0.1) is 6.61 Å². The molecule has 1 aliphatic heterocycles. The number of hydrogen-bond acceptors (Lipinski definition) is 5. The summed E-state index contributed by atoms with van der Waals surface area (Å²) in [5, 5.41) is 15.2. The van der Waals surface area contributed by atoms with E-state index in [1.165, 1.54) is 19.3 Å². The number of carbonyl (C=O) groups excluding carboxylic acids is 1. The van der Waals surface area contributed by atoms with Crippen molar-refractivity contribution < 1.29 is 9.53 Å². The fraction of sp³-hybridized carbons (Fsp3) is 0.810. The molecular formula is C21H39N7O2. The Bertz CT molecular complexity index is 639. The van der Waals surface area contributed by atoms with Gasteiger partial charge in [-0.25, -0.2) is 4.79 Å². The Morgan fingerprint density at radius 2 is 2.03 bits per heavy atom. The lowest BCUT2D eigenvalue weighted by Crippen LogP contribution is -2.50. The maximum atomic E-state index is 11.9. The molecule has 30 heavy (non-hydrogen) atoms. The van der Waals surface area contributed by atoms with Crippen LogP contribution in [-0.2, 0) is 17.7 Å². The van der Waals surface area contributed by atoms with E-state index in [0.29, 0.717) is 25.7 Å². The zero-order valence-corrected chi connectivity index (χ0v) is 18.9. The number of amides is 1. The van der Waals surface area contributed by atoms with Gasteiger partial charge in [0.25, 0.3) is 0 Å². The molecule has 1 amide bonds. The average Bonchev–Trinajstić information content (AvgIpc) is 3.21. The molecule has 1 aliphatic rings. The van der Waals surface area contributed by atoms with E-state index < -0.39 is 0 Å². The number of piperidine rings is 1. The molecule has 0 spiro atoms. The molecule has 2 heterocycles. The second-order valence-corrected chi connectivity index (χ2v) is 7.62. The van der Waals surface area contributed by atoms with Crippen molar-refractivity contribution in [1.82, 2.24) is 30.3 Å². The first-order valence-corrected chi connectivity index (χ1v) is 11.5. The number of carbonyl (C=O) groups is 1. The maximum absolute atomic E-state index is 11.9. The number of hydrogen-bond donors (Lipinski definition) is 2. The molecule has 0 radical (unpaired) electrons. The number of unbranched alkanes of at least 4 members (excludes halogenated alkanes) is 3. The van der Waals surface area contributed by atoms with Crippen LogP contribution in [0.3, 0.4) is 0 Å². The van der Waals surface area contributed by atoms with Gasteiger partial charge in [-0.05, 0) is 26.2 Å². The lowest BCUT2D eigenvalue weighted by molar-refractivity contribution is 0.0963. The summed E-state index contributed by atoms with van der Waals surface area (Å²) in [6.07, 6.45) is 9.02. The minimum Gasteiger partial charge on any atom is -0.450 e. The predicted octanol–water partition coefficient (Wildman–Crippen LogP) is 2.58. The average molecular weight is 422 g/mol. The zero-order chi connectivity index (χ0) is 21.6. The Morgan fingerprint density at radius 1 is 1.23 bits per heavy atom. The lowest BCUT2D eigenvalue weighted by Gasteiger charge is -2.32. The Labute approximate surface area is 180 Å². The minimum atomic E-state index is -0.209. The van der Waals surface area contributed by atoms with E-state index in [2.05, 4.69) is 39.2 Å². The molecule has 0 aliphatic carbocycles. The summed E-state index contributed by atoms with van der Waals surface area (Å²) in [7, 11) is 0. The number of likely N-dealkylation sites (tertiary alicyclic amines) is 1. The number of aryl methyl sites for hydroxylation is 1. The van der Waals surface area contributed by atoms with Gasteiger partial charge in [-0.3, -0.25) is 4.99 Å². The van der Waals surface area contributed by atoms with Crippen molar-refractivity contribution in [3.05, 3.63) is 12.2 Å². The first-order valence-electron chi connectivity index (χ1n) is 11.5. The van der Waals surface area contributed by atoms with E-state index in [1.807, 2.05) is 6.92 Å². The van der Waals surface area contributed by atoms with Gasteiger partial charge in [0.15, 0.2) is 5.96 Å². The maximum Gasteiger partial charge on any atom is 0.409 e. The third-order valence-electron chi connectivity index (χ3n) is 5.30. The number of rotatable bonds is 11. The summed E-state index contributed by atoms with van der Waals surface area (Å²) in [5.74, 6) is 1.85. The molecule has 0 atom stereocenters. The highest BCUT2D eigenvalue weighted by atomic mass is 16.6. The van der Waals surface area contributed by atoms with Crippen molar-refractivity contribution in [3.8, 4) is 0 Å². The first-order chi connectivity index (χ1) is 14.7. The summed E-state index contributed by atoms with van der Waals surface area (Å²) < 4.78 is 7.18. The highest BCUT2D eigenvalue weighted by Gasteiger charge is 2.24. The van der Waals surface area contributed by atoms with Gasteiger partial charge >= 0.3 is 6.09 Å². The van der Waals surface area contributed by atoms with E-state index >= 15 is 0 Å². The molecule has 1 aromatic heterocycles. The van der Waals surface area contributed by atoms with Crippen LogP contribution in [0.1, 0.15) is 65.1 Å². The second-order valence-electron chi connectivity index (χ2n) is 7.62. The second kappa shape index (κ2) is 13.8. The van der Waals surface area contributed by atoms with Crippen molar-refractivity contribution in [2.45, 2.75) is 78.3 Å². The van der Waals surface area contributed by atoms with Crippen LogP contribution < -0.4 is 10.6 Å². The molecule has 1 saturated heterocycles. The normalized spacial score (nSPS) is 15.3. The summed E-state index contributed by atoms with van der Waals surface area (Å²) in [6.45, 7) is 10.4. The number of aromatic nitrogens is 3. The SMILES string of the molecule is CCCCCCN=C(NCCn1cnnc1CC)NC1CCN(C(=O)OCC)CC1. The van der Waals surface area contributed by atoms with Gasteiger partial charge in [-0.1, -0.05) is 33.1 Å². The van der Waals surface area contributed by atoms with Crippen LogP contribution in [0.5, 0.6) is 0 Å². The van der Waals surface area contributed by atoms with Crippen LogP contribution in [0, 0.1) is 0 Å². The van der Waals surface area contributed by atoms with Crippen molar-refractivity contribution in [1.29, 1.82) is 0 Å². The molecule has 9 heteroatoms. The summed E-state index contributed by atoms with van der Waals surface area (Å²) in [6, 6.07) is 0.304. The van der Waals surface area contributed by atoms with Crippen LogP contribution in [0.4, 0.5) is 4.79 Å². The largest absolute Gasteiger partial charge is 0.450 e. The van der Waals surface area contributed by atoms with Gasteiger partial charge in [0.1, 0.15) is 12.2 Å². The molecule has 0 saturated carbocycles. The minimum absolute atomic E-state index is 0.209. The quantitative estimate of drug-likeness (QED) is 0.324. The van der Waals surface area contributed by atoms with Crippen molar-refractivity contribution >= 4 is 12.1 Å². The van der Waals surface area contributed by atoms with Gasteiger partial charge in [-0.2, -0.15) is 0 Å². The van der Waals surface area contributed by atoms with E-state index in [4.69, 9.17) is 9.73 Å². The highest BCUT2D eigenvalue weighted by Crippen LogP contribution is 2.11. The smallest absolute Gasteiger partial charge is 0.409 e. The molecule has 170 valence electrons. The fourth-order valence-electron chi connectivity index (χ4n) is 3.53. The molecule has 0 unspecified atom stereocenters. The molecular weight excluding hydrogens is 382 g/mol. The monoisotopic (exact) mass is 421 g/mol. The molecule has 1 aromatic rings. The van der Waals surface area contributed by atoms with Crippen molar-refractivity contribution in [2.24, 2.45) is 4.99 Å². The van der Waals surface area contributed by atoms with Crippen LogP contribution >= 0.6 is 0 Å². The summed E-state index contributed by atoms with van der Waals surface area (Å²) in [5.41, 5.74) is 0. The van der Waals surface area contributed by atoms with Gasteiger partial charge < -0.3 is 24.8 Å². The Kier molecular flexibility index (Phi) is 11.0. The number of nitrogens with one attached hydrogen (secondary N) is 2. The van der Waals surface area contributed by atoms with Gasteiger partial charge in [0, 0.05) is 45.2 Å². The number of aliphatic imine (C=N–C) groups is 1. The number of nitrogens with zero attached hydrogens (tertiary/aromatic N) is 5. The van der Waals surface area contributed by atoms with Crippen LogP contribution in [0.15, 0.2) is 11.3 Å². The highest BCUT2D eigenvalue weighted by molar-refractivity contribution is 5.80. The third-order valence-corrected chi connectivity index (χ3v) is 5.30. The standard InChI is InChI=1S/C21H39N7O2/c1-4-7-8-9-12-22-20(23-13-16-28-17-24-26-19(28)5-2)25-18-10-14-27(15-11-18)21(29)30-6-3/h17-18H,4-16H2,1-3H3,(H2,22,23,25). The predicted molar refractivity (Wildman–Crippen MR) is 119 cm³/mol. The topological polar surface area (TPSA) is 96.7 Å². The Hall–Kier alpha value is -2.32. The summed E-state index contributed by atoms with van der Waals surface area (Å²) >= 11 is 0. The lowest BCUT2D eigenvalue weighted by atomic mass is 10.1. The van der Waals surface area contributed by atoms with Crippen LogP contribution in [0.2, 0.25) is 0 Å². The van der Waals surface area contributed by atoms with E-state index in [-0.39, 0.29) is 6.09 Å². The van der Waals surface area contributed by atoms with Crippen LogP contribution in [-0.4, -0.2) is 70.5 Å².